The highest BCUT2D eigenvalue weighted by atomic mass is 16.6. The number of unbranched alkanes of at least 4 members (excludes halogenated alkanes) is 1. The van der Waals surface area contributed by atoms with Gasteiger partial charge in [-0.15, -0.1) is 0 Å². The van der Waals surface area contributed by atoms with Crippen LogP contribution in [0.5, 0.6) is 0 Å². The second-order valence-electron chi connectivity index (χ2n) is 4.81. The summed E-state index contributed by atoms with van der Waals surface area (Å²) >= 11 is 0. The summed E-state index contributed by atoms with van der Waals surface area (Å²) in [5.74, 6) is 0. The Balaban J connectivity index is 3.88. The fourth-order valence-electron chi connectivity index (χ4n) is 1.22. The summed E-state index contributed by atoms with van der Waals surface area (Å²) in [5.41, 5.74) is 4.85. The maximum Gasteiger partial charge on any atom is 0.407 e. The van der Waals surface area contributed by atoms with Crippen molar-refractivity contribution in [3.8, 4) is 0 Å². The predicted octanol–water partition coefficient (Wildman–Crippen LogP) is 1.00. The van der Waals surface area contributed by atoms with Gasteiger partial charge < -0.3 is 20.9 Å². The highest BCUT2D eigenvalue weighted by Gasteiger charge is 2.18. The number of ether oxygens (including phenoxy) is 1. The quantitative estimate of drug-likeness (QED) is 0.596. The second kappa shape index (κ2) is 7.46. The van der Waals surface area contributed by atoms with Crippen LogP contribution >= 0.6 is 0 Å². The van der Waals surface area contributed by atoms with Crippen molar-refractivity contribution in [3.63, 3.8) is 0 Å². The van der Waals surface area contributed by atoms with Gasteiger partial charge in [0, 0.05) is 0 Å². The van der Waals surface area contributed by atoms with Gasteiger partial charge in [-0.25, -0.2) is 4.79 Å². The van der Waals surface area contributed by atoms with Crippen LogP contribution in [0, 0.1) is 0 Å². The zero-order valence-electron chi connectivity index (χ0n) is 10.5. The summed E-state index contributed by atoms with van der Waals surface area (Å²) in [6.45, 7) is 5.95. The minimum Gasteiger partial charge on any atom is -0.444 e. The number of aliphatic hydroxyl groups excluding tert-OH is 1. The number of carbonyl (C=O) groups is 1. The van der Waals surface area contributed by atoms with Crippen molar-refractivity contribution in [3.05, 3.63) is 0 Å². The first-order chi connectivity index (χ1) is 7.39. The van der Waals surface area contributed by atoms with Crippen LogP contribution in [0.3, 0.4) is 0 Å². The van der Waals surface area contributed by atoms with Gasteiger partial charge in [-0.3, -0.25) is 0 Å². The van der Waals surface area contributed by atoms with Gasteiger partial charge in [0.2, 0.25) is 0 Å². The molecule has 0 heterocycles. The molecule has 16 heavy (non-hydrogen) atoms. The molecule has 5 heteroatoms. The van der Waals surface area contributed by atoms with E-state index in [2.05, 4.69) is 5.32 Å². The van der Waals surface area contributed by atoms with E-state index >= 15 is 0 Å². The van der Waals surface area contributed by atoms with Crippen molar-refractivity contribution < 1.29 is 14.6 Å². The topological polar surface area (TPSA) is 84.6 Å². The number of rotatable bonds is 6. The fourth-order valence-corrected chi connectivity index (χ4v) is 1.22. The molecule has 0 saturated heterocycles. The molecule has 0 fully saturated rings. The van der Waals surface area contributed by atoms with Crippen molar-refractivity contribution in [1.29, 1.82) is 0 Å². The Kier molecular flexibility index (Phi) is 7.08. The summed E-state index contributed by atoms with van der Waals surface area (Å²) in [6, 6.07) is -0.249. The smallest absolute Gasteiger partial charge is 0.407 e. The van der Waals surface area contributed by atoms with E-state index in [1.807, 2.05) is 0 Å². The van der Waals surface area contributed by atoms with E-state index in [0.717, 1.165) is 12.8 Å². The summed E-state index contributed by atoms with van der Waals surface area (Å²) < 4.78 is 5.09. The van der Waals surface area contributed by atoms with Crippen LogP contribution in [0.2, 0.25) is 0 Å². The molecule has 1 amide bonds. The van der Waals surface area contributed by atoms with Crippen molar-refractivity contribution in [2.24, 2.45) is 5.73 Å². The molecule has 0 aromatic heterocycles. The van der Waals surface area contributed by atoms with Gasteiger partial charge in [0.25, 0.3) is 0 Å². The summed E-state index contributed by atoms with van der Waals surface area (Å²) in [6.07, 6.45) is 2.01. The lowest BCUT2D eigenvalue weighted by atomic mass is 10.1. The number of carbonyl (C=O) groups excluding carboxylic acids is 1. The molecule has 96 valence electrons. The molecule has 5 nitrogen and oxygen atoms in total. The number of amides is 1. The van der Waals surface area contributed by atoms with E-state index in [4.69, 9.17) is 15.6 Å². The van der Waals surface area contributed by atoms with Gasteiger partial charge in [-0.2, -0.15) is 0 Å². The van der Waals surface area contributed by atoms with Crippen molar-refractivity contribution in [1.82, 2.24) is 5.32 Å². The van der Waals surface area contributed by atoms with Crippen LogP contribution in [-0.4, -0.2) is 36.0 Å². The Hall–Kier alpha value is -0.810. The lowest BCUT2D eigenvalue weighted by Crippen LogP contribution is -2.41. The molecule has 0 unspecified atom stereocenters. The molecule has 0 radical (unpaired) electrons. The van der Waals surface area contributed by atoms with E-state index in [1.165, 1.54) is 0 Å². The zero-order chi connectivity index (χ0) is 12.6. The minimum atomic E-state index is -0.513. The number of nitrogens with one attached hydrogen (secondary N) is 1. The Morgan fingerprint density at radius 2 is 2.06 bits per heavy atom. The van der Waals surface area contributed by atoms with Crippen molar-refractivity contribution in [2.45, 2.75) is 51.7 Å². The van der Waals surface area contributed by atoms with E-state index in [0.29, 0.717) is 13.0 Å². The highest BCUT2D eigenvalue weighted by Crippen LogP contribution is 2.07. The lowest BCUT2D eigenvalue weighted by molar-refractivity contribution is 0.0478. The van der Waals surface area contributed by atoms with Crippen LogP contribution in [-0.2, 0) is 4.74 Å². The van der Waals surface area contributed by atoms with E-state index < -0.39 is 11.7 Å². The summed E-state index contributed by atoms with van der Waals surface area (Å²) in [5, 5.41) is 11.7. The molecule has 0 bridgehead atoms. The van der Waals surface area contributed by atoms with E-state index in [9.17, 15) is 4.79 Å². The van der Waals surface area contributed by atoms with Crippen LogP contribution in [0.15, 0.2) is 0 Å². The molecule has 0 aliphatic rings. The molecule has 0 aromatic rings. The molecule has 0 aromatic carbocycles. The van der Waals surface area contributed by atoms with Crippen LogP contribution in [0.25, 0.3) is 0 Å². The molecule has 0 spiro atoms. The number of hydrogen-bond donors (Lipinski definition) is 3. The zero-order valence-corrected chi connectivity index (χ0v) is 10.5. The molecular weight excluding hydrogens is 208 g/mol. The third-order valence-electron chi connectivity index (χ3n) is 1.95. The molecule has 0 rings (SSSR count). The first-order valence-electron chi connectivity index (χ1n) is 5.69. The highest BCUT2D eigenvalue weighted by molar-refractivity contribution is 5.68. The van der Waals surface area contributed by atoms with Crippen molar-refractivity contribution >= 4 is 6.09 Å². The Bertz CT molecular complexity index is 202. The maximum absolute atomic E-state index is 11.4. The molecule has 0 saturated carbocycles. The fraction of sp³-hybridized carbons (Fsp3) is 0.909. The average molecular weight is 232 g/mol. The van der Waals surface area contributed by atoms with Gasteiger partial charge in [0.15, 0.2) is 0 Å². The largest absolute Gasteiger partial charge is 0.444 e. The lowest BCUT2D eigenvalue weighted by Gasteiger charge is -2.22. The Morgan fingerprint density at radius 1 is 1.44 bits per heavy atom. The Labute approximate surface area is 97.3 Å². The standard InChI is InChI=1S/C11H24N2O3/c1-11(2,3)16-10(15)13-9(8-14)6-4-5-7-12/h9,14H,4-8,12H2,1-3H3,(H,13,15)/t9-/m1/s1. The normalized spacial score (nSPS) is 13.3. The van der Waals surface area contributed by atoms with Gasteiger partial charge in [-0.1, -0.05) is 6.42 Å². The third kappa shape index (κ3) is 8.49. The minimum absolute atomic E-state index is 0.0795. The van der Waals surface area contributed by atoms with E-state index in [1.54, 1.807) is 20.8 Å². The van der Waals surface area contributed by atoms with Gasteiger partial charge in [0.05, 0.1) is 12.6 Å². The number of nitrogens with two attached hydrogens (primary N) is 1. The number of alkyl carbamates (subject to hydrolysis) is 1. The molecule has 4 N–H and O–H groups in total. The first-order valence-corrected chi connectivity index (χ1v) is 5.69. The second-order valence-corrected chi connectivity index (χ2v) is 4.81. The average Bonchev–Trinajstić information content (AvgIpc) is 2.13. The van der Waals surface area contributed by atoms with Crippen LogP contribution in [0.1, 0.15) is 40.0 Å². The van der Waals surface area contributed by atoms with E-state index in [-0.39, 0.29) is 12.6 Å². The molecule has 1 atom stereocenters. The van der Waals surface area contributed by atoms with Crippen molar-refractivity contribution in [2.75, 3.05) is 13.2 Å². The van der Waals surface area contributed by atoms with Crippen LogP contribution < -0.4 is 11.1 Å². The van der Waals surface area contributed by atoms with Gasteiger partial charge >= 0.3 is 6.09 Å². The van der Waals surface area contributed by atoms with Crippen LogP contribution in [0.4, 0.5) is 4.79 Å². The van der Waals surface area contributed by atoms with Gasteiger partial charge in [0.1, 0.15) is 5.60 Å². The number of hydrogen-bond acceptors (Lipinski definition) is 4. The maximum atomic E-state index is 11.4. The first kappa shape index (κ1) is 15.2. The molecule has 0 aliphatic heterocycles. The van der Waals surface area contributed by atoms with Gasteiger partial charge in [-0.05, 0) is 40.2 Å². The predicted molar refractivity (Wildman–Crippen MR) is 63.1 cm³/mol. The summed E-state index contributed by atoms with van der Waals surface area (Å²) in [7, 11) is 0. The number of aliphatic hydroxyl groups is 1. The summed E-state index contributed by atoms with van der Waals surface area (Å²) in [4.78, 5) is 11.4. The Morgan fingerprint density at radius 3 is 2.50 bits per heavy atom. The molecule has 0 aliphatic carbocycles. The SMILES string of the molecule is CC(C)(C)OC(=O)N[C@@H](CO)CCCCN. The molecular formula is C11H24N2O3. The monoisotopic (exact) mass is 232 g/mol. The third-order valence-corrected chi connectivity index (χ3v) is 1.95.